The van der Waals surface area contributed by atoms with E-state index in [1.165, 1.54) is 6.39 Å². The summed E-state index contributed by atoms with van der Waals surface area (Å²) >= 11 is 3.36. The minimum atomic E-state index is 0.477. The van der Waals surface area contributed by atoms with Crippen molar-refractivity contribution in [2.75, 3.05) is 0 Å². The number of aromatic nitrogens is 1. The SMILES string of the molecule is CCC(C)c1ocnc1CBr. The van der Waals surface area contributed by atoms with E-state index in [1.807, 2.05) is 0 Å². The summed E-state index contributed by atoms with van der Waals surface area (Å²) in [5, 5.41) is 0.781. The van der Waals surface area contributed by atoms with E-state index in [0.29, 0.717) is 5.92 Å². The van der Waals surface area contributed by atoms with Crippen LogP contribution in [0.2, 0.25) is 0 Å². The van der Waals surface area contributed by atoms with E-state index in [4.69, 9.17) is 4.42 Å². The van der Waals surface area contributed by atoms with Gasteiger partial charge in [0.05, 0.1) is 5.69 Å². The van der Waals surface area contributed by atoms with Crippen molar-refractivity contribution in [3.05, 3.63) is 17.8 Å². The molecular weight excluding hydrogens is 206 g/mol. The Hall–Kier alpha value is -0.310. The molecule has 0 radical (unpaired) electrons. The summed E-state index contributed by atoms with van der Waals surface area (Å²) in [6.45, 7) is 4.29. The molecule has 0 saturated carbocycles. The number of hydrogen-bond donors (Lipinski definition) is 0. The summed E-state index contributed by atoms with van der Waals surface area (Å²) in [5.74, 6) is 1.49. The van der Waals surface area contributed by atoms with Gasteiger partial charge in [0.15, 0.2) is 6.39 Å². The quantitative estimate of drug-likeness (QED) is 0.728. The third-order valence-electron chi connectivity index (χ3n) is 1.86. The van der Waals surface area contributed by atoms with Crippen LogP contribution in [0.4, 0.5) is 0 Å². The molecule has 1 atom stereocenters. The fraction of sp³-hybridized carbons (Fsp3) is 0.625. The van der Waals surface area contributed by atoms with E-state index in [0.717, 1.165) is 23.2 Å². The molecule has 0 aliphatic heterocycles. The van der Waals surface area contributed by atoms with E-state index in [1.54, 1.807) is 0 Å². The Labute approximate surface area is 75.1 Å². The molecule has 3 heteroatoms. The molecule has 0 aliphatic carbocycles. The van der Waals surface area contributed by atoms with Crippen LogP contribution in [-0.4, -0.2) is 4.98 Å². The number of oxazole rings is 1. The number of rotatable bonds is 3. The van der Waals surface area contributed by atoms with Gasteiger partial charge in [0.1, 0.15) is 5.76 Å². The minimum absolute atomic E-state index is 0.477. The zero-order chi connectivity index (χ0) is 8.27. The fourth-order valence-corrected chi connectivity index (χ4v) is 1.39. The summed E-state index contributed by atoms with van der Waals surface area (Å²) in [7, 11) is 0. The van der Waals surface area contributed by atoms with Crippen LogP contribution < -0.4 is 0 Å². The fourth-order valence-electron chi connectivity index (χ4n) is 0.965. The van der Waals surface area contributed by atoms with Gasteiger partial charge in [-0.1, -0.05) is 29.8 Å². The Balaban J connectivity index is 2.83. The first-order valence-corrected chi connectivity index (χ1v) is 4.90. The smallest absolute Gasteiger partial charge is 0.181 e. The van der Waals surface area contributed by atoms with Crippen molar-refractivity contribution in [2.45, 2.75) is 31.5 Å². The average Bonchev–Trinajstić information content (AvgIpc) is 2.50. The van der Waals surface area contributed by atoms with E-state index in [2.05, 4.69) is 34.8 Å². The maximum absolute atomic E-state index is 5.27. The third kappa shape index (κ3) is 1.83. The first kappa shape index (κ1) is 8.78. The lowest BCUT2D eigenvalue weighted by molar-refractivity contribution is 0.463. The average molecular weight is 218 g/mol. The van der Waals surface area contributed by atoms with Crippen LogP contribution in [-0.2, 0) is 5.33 Å². The van der Waals surface area contributed by atoms with Crippen LogP contribution in [0, 0.1) is 0 Å². The summed E-state index contributed by atoms with van der Waals surface area (Å²) in [6, 6.07) is 0. The van der Waals surface area contributed by atoms with Crippen LogP contribution in [0.1, 0.15) is 37.6 Å². The Kier molecular flexibility index (Phi) is 3.12. The molecular formula is C8H12BrNO. The maximum Gasteiger partial charge on any atom is 0.181 e. The normalized spacial score (nSPS) is 13.4. The third-order valence-corrected chi connectivity index (χ3v) is 2.39. The molecule has 0 aliphatic rings. The highest BCUT2D eigenvalue weighted by atomic mass is 79.9. The number of halogens is 1. The molecule has 0 fully saturated rings. The lowest BCUT2D eigenvalue weighted by Crippen LogP contribution is -1.93. The zero-order valence-electron chi connectivity index (χ0n) is 6.80. The van der Waals surface area contributed by atoms with Gasteiger partial charge in [-0.3, -0.25) is 0 Å². The number of hydrogen-bond acceptors (Lipinski definition) is 2. The highest BCUT2D eigenvalue weighted by Gasteiger charge is 2.12. The molecule has 0 amide bonds. The van der Waals surface area contributed by atoms with Crippen molar-refractivity contribution in [1.29, 1.82) is 0 Å². The molecule has 1 rings (SSSR count). The molecule has 0 N–H and O–H groups in total. The first-order valence-electron chi connectivity index (χ1n) is 3.77. The van der Waals surface area contributed by atoms with Gasteiger partial charge in [-0.15, -0.1) is 0 Å². The lowest BCUT2D eigenvalue weighted by Gasteiger charge is -2.04. The molecule has 2 nitrogen and oxygen atoms in total. The number of alkyl halides is 1. The summed E-state index contributed by atoms with van der Waals surface area (Å²) in [6.07, 6.45) is 2.60. The monoisotopic (exact) mass is 217 g/mol. The molecule has 11 heavy (non-hydrogen) atoms. The van der Waals surface area contributed by atoms with Gasteiger partial charge >= 0.3 is 0 Å². The van der Waals surface area contributed by atoms with Crippen molar-refractivity contribution in [1.82, 2.24) is 4.98 Å². The Morgan fingerprint density at radius 2 is 2.45 bits per heavy atom. The van der Waals surface area contributed by atoms with Crippen LogP contribution in [0.5, 0.6) is 0 Å². The van der Waals surface area contributed by atoms with Crippen LogP contribution in [0.3, 0.4) is 0 Å². The van der Waals surface area contributed by atoms with E-state index in [-0.39, 0.29) is 0 Å². The second-order valence-corrected chi connectivity index (χ2v) is 3.17. The highest BCUT2D eigenvalue weighted by Crippen LogP contribution is 2.22. The molecule has 62 valence electrons. The van der Waals surface area contributed by atoms with E-state index >= 15 is 0 Å². The van der Waals surface area contributed by atoms with Gasteiger partial charge < -0.3 is 4.42 Å². The molecule has 1 heterocycles. The Bertz CT molecular complexity index is 222. The van der Waals surface area contributed by atoms with Crippen molar-refractivity contribution in [3.8, 4) is 0 Å². The summed E-state index contributed by atoms with van der Waals surface area (Å²) in [4.78, 5) is 4.09. The minimum Gasteiger partial charge on any atom is -0.448 e. The zero-order valence-corrected chi connectivity index (χ0v) is 8.39. The van der Waals surface area contributed by atoms with Gasteiger partial charge in [0.2, 0.25) is 0 Å². The van der Waals surface area contributed by atoms with Gasteiger partial charge in [0.25, 0.3) is 0 Å². The topological polar surface area (TPSA) is 26.0 Å². The second kappa shape index (κ2) is 3.90. The van der Waals surface area contributed by atoms with Crippen LogP contribution in [0.25, 0.3) is 0 Å². The molecule has 0 saturated heterocycles. The summed E-state index contributed by atoms with van der Waals surface area (Å²) in [5.41, 5.74) is 1.03. The molecule has 0 bridgehead atoms. The Morgan fingerprint density at radius 1 is 1.73 bits per heavy atom. The molecule has 1 aromatic rings. The van der Waals surface area contributed by atoms with E-state index in [9.17, 15) is 0 Å². The number of nitrogens with zero attached hydrogens (tertiary/aromatic N) is 1. The van der Waals surface area contributed by atoms with E-state index < -0.39 is 0 Å². The van der Waals surface area contributed by atoms with Gasteiger partial charge in [0, 0.05) is 11.2 Å². The van der Waals surface area contributed by atoms with Crippen LogP contribution in [0.15, 0.2) is 10.8 Å². The van der Waals surface area contributed by atoms with Crippen molar-refractivity contribution >= 4 is 15.9 Å². The van der Waals surface area contributed by atoms with Gasteiger partial charge in [-0.25, -0.2) is 4.98 Å². The molecule has 0 aromatic carbocycles. The molecule has 0 spiro atoms. The van der Waals surface area contributed by atoms with Crippen molar-refractivity contribution in [2.24, 2.45) is 0 Å². The predicted molar refractivity (Wildman–Crippen MR) is 47.8 cm³/mol. The lowest BCUT2D eigenvalue weighted by atomic mass is 10.1. The largest absolute Gasteiger partial charge is 0.448 e. The van der Waals surface area contributed by atoms with Crippen molar-refractivity contribution < 1.29 is 4.42 Å². The maximum atomic E-state index is 5.27. The molecule has 1 aromatic heterocycles. The summed E-state index contributed by atoms with van der Waals surface area (Å²) < 4.78 is 5.27. The van der Waals surface area contributed by atoms with Gasteiger partial charge in [-0.2, -0.15) is 0 Å². The van der Waals surface area contributed by atoms with Gasteiger partial charge in [-0.05, 0) is 6.42 Å². The molecule has 1 unspecified atom stereocenters. The first-order chi connectivity index (χ1) is 5.29. The highest BCUT2D eigenvalue weighted by molar-refractivity contribution is 9.08. The van der Waals surface area contributed by atoms with Crippen molar-refractivity contribution in [3.63, 3.8) is 0 Å². The Morgan fingerprint density at radius 3 is 3.00 bits per heavy atom. The standard InChI is InChI=1S/C8H12BrNO/c1-3-6(2)8-7(4-9)10-5-11-8/h5-6H,3-4H2,1-2H3. The van der Waals surface area contributed by atoms with Crippen LogP contribution >= 0.6 is 15.9 Å². The predicted octanol–water partition coefficient (Wildman–Crippen LogP) is 3.08. The second-order valence-electron chi connectivity index (χ2n) is 2.61.